The fourth-order valence-electron chi connectivity index (χ4n) is 2.23. The average Bonchev–Trinajstić information content (AvgIpc) is 2.52. The molecule has 2 rings (SSSR count). The fourth-order valence-corrected chi connectivity index (χ4v) is 2.23. The molecule has 0 aliphatic heterocycles. The van der Waals surface area contributed by atoms with Crippen molar-refractivity contribution >= 4 is 5.91 Å². The minimum Gasteiger partial charge on any atom is -0.481 e. The number of benzene rings is 1. The van der Waals surface area contributed by atoms with Gasteiger partial charge in [-0.3, -0.25) is 9.78 Å². The second kappa shape index (κ2) is 7.22. The normalized spacial score (nSPS) is 11.9. The molecular weight excluding hydrogens is 295 g/mol. The molecule has 1 heterocycles. The van der Waals surface area contributed by atoms with Crippen LogP contribution in [0.5, 0.6) is 5.75 Å². The molecule has 0 aliphatic carbocycles. The number of halogens is 1. The molecule has 2 aromatic rings. The van der Waals surface area contributed by atoms with Crippen molar-refractivity contribution in [2.24, 2.45) is 0 Å². The van der Waals surface area contributed by atoms with E-state index in [1.165, 1.54) is 12.1 Å². The molecule has 1 amide bonds. The molecule has 0 saturated heterocycles. The zero-order valence-electron chi connectivity index (χ0n) is 13.8. The summed E-state index contributed by atoms with van der Waals surface area (Å²) in [5, 5.41) is 0. The third kappa shape index (κ3) is 4.28. The average molecular weight is 316 g/mol. The molecule has 4 nitrogen and oxygen atoms in total. The Labute approximate surface area is 135 Å². The maximum absolute atomic E-state index is 13.9. The van der Waals surface area contributed by atoms with Gasteiger partial charge in [-0.15, -0.1) is 0 Å². The Hall–Kier alpha value is -2.43. The Kier molecular flexibility index (Phi) is 5.32. The smallest absolute Gasteiger partial charge is 0.263 e. The van der Waals surface area contributed by atoms with Gasteiger partial charge in [0.1, 0.15) is 11.6 Å². The molecule has 0 bridgehead atoms. The SMILES string of the molecule is CCN(C)C(=O)C(C)Oc1cc(F)cc(-c2cncc(C)c2)c1. The highest BCUT2D eigenvalue weighted by Crippen LogP contribution is 2.26. The molecule has 5 heteroatoms. The highest BCUT2D eigenvalue weighted by molar-refractivity contribution is 5.80. The highest BCUT2D eigenvalue weighted by atomic mass is 19.1. The maximum atomic E-state index is 13.9. The van der Waals surface area contributed by atoms with Crippen molar-refractivity contribution in [1.82, 2.24) is 9.88 Å². The van der Waals surface area contributed by atoms with Crippen LogP contribution in [0, 0.1) is 12.7 Å². The van der Waals surface area contributed by atoms with Crippen LogP contribution in [0.4, 0.5) is 4.39 Å². The molecule has 0 aliphatic rings. The van der Waals surface area contributed by atoms with Crippen molar-refractivity contribution in [2.45, 2.75) is 26.9 Å². The zero-order chi connectivity index (χ0) is 17.0. The molecule has 1 atom stereocenters. The molecule has 0 radical (unpaired) electrons. The van der Waals surface area contributed by atoms with Gasteiger partial charge in [0.2, 0.25) is 0 Å². The van der Waals surface area contributed by atoms with E-state index in [4.69, 9.17) is 4.74 Å². The quantitative estimate of drug-likeness (QED) is 0.848. The number of hydrogen-bond donors (Lipinski definition) is 0. The number of carbonyl (C=O) groups is 1. The number of hydrogen-bond acceptors (Lipinski definition) is 3. The van der Waals surface area contributed by atoms with E-state index in [1.807, 2.05) is 19.9 Å². The highest BCUT2D eigenvalue weighted by Gasteiger charge is 2.18. The third-order valence-electron chi connectivity index (χ3n) is 3.59. The van der Waals surface area contributed by atoms with Gasteiger partial charge in [0.05, 0.1) is 0 Å². The van der Waals surface area contributed by atoms with Gasteiger partial charge in [0.15, 0.2) is 6.10 Å². The first kappa shape index (κ1) is 16.9. The number of amides is 1. The number of nitrogens with zero attached hydrogens (tertiary/aromatic N) is 2. The summed E-state index contributed by atoms with van der Waals surface area (Å²) in [5.74, 6) is -0.232. The molecule has 1 aromatic carbocycles. The molecule has 122 valence electrons. The molecule has 0 spiro atoms. The van der Waals surface area contributed by atoms with Crippen LogP contribution in [0.3, 0.4) is 0 Å². The largest absolute Gasteiger partial charge is 0.481 e. The lowest BCUT2D eigenvalue weighted by Crippen LogP contribution is -2.37. The summed E-state index contributed by atoms with van der Waals surface area (Å²) in [6, 6.07) is 6.34. The van der Waals surface area contributed by atoms with Crippen molar-refractivity contribution in [2.75, 3.05) is 13.6 Å². The first-order valence-electron chi connectivity index (χ1n) is 7.55. The minimum absolute atomic E-state index is 0.143. The van der Waals surface area contributed by atoms with Gasteiger partial charge in [-0.2, -0.15) is 0 Å². The van der Waals surface area contributed by atoms with Crippen LogP contribution in [0.2, 0.25) is 0 Å². The second-order valence-electron chi connectivity index (χ2n) is 5.54. The number of likely N-dealkylation sites (N-methyl/N-ethyl adjacent to an activating group) is 1. The van der Waals surface area contributed by atoms with Crippen LogP contribution in [-0.2, 0) is 4.79 Å². The van der Waals surface area contributed by atoms with Crippen LogP contribution in [0.15, 0.2) is 36.7 Å². The topological polar surface area (TPSA) is 42.4 Å². The van der Waals surface area contributed by atoms with Crippen LogP contribution >= 0.6 is 0 Å². The van der Waals surface area contributed by atoms with Crippen molar-refractivity contribution in [3.05, 3.63) is 48.0 Å². The van der Waals surface area contributed by atoms with Gasteiger partial charge in [0.25, 0.3) is 5.91 Å². The standard InChI is InChI=1S/C18H21FN2O2/c1-5-21(4)18(22)13(3)23-17-8-14(7-16(19)9-17)15-6-12(2)10-20-11-15/h6-11,13H,5H2,1-4H3. The van der Waals surface area contributed by atoms with Crippen molar-refractivity contribution in [1.29, 1.82) is 0 Å². The predicted molar refractivity (Wildman–Crippen MR) is 87.8 cm³/mol. The van der Waals surface area contributed by atoms with E-state index in [9.17, 15) is 9.18 Å². The Bertz CT molecular complexity index is 703. The summed E-state index contributed by atoms with van der Waals surface area (Å²) in [5.41, 5.74) is 2.46. The van der Waals surface area contributed by atoms with E-state index in [0.29, 0.717) is 17.9 Å². The second-order valence-corrected chi connectivity index (χ2v) is 5.54. The molecule has 0 fully saturated rings. The van der Waals surface area contributed by atoms with E-state index in [2.05, 4.69) is 4.98 Å². The van der Waals surface area contributed by atoms with E-state index < -0.39 is 11.9 Å². The summed E-state index contributed by atoms with van der Waals surface area (Å²) in [7, 11) is 1.71. The fraction of sp³-hybridized carbons (Fsp3) is 0.333. The summed E-state index contributed by atoms with van der Waals surface area (Å²) < 4.78 is 19.5. The van der Waals surface area contributed by atoms with E-state index in [0.717, 1.165) is 11.1 Å². The number of aryl methyl sites for hydroxylation is 1. The lowest BCUT2D eigenvalue weighted by molar-refractivity contribution is -0.136. The summed E-state index contributed by atoms with van der Waals surface area (Å²) in [4.78, 5) is 17.7. The van der Waals surface area contributed by atoms with Gasteiger partial charge in [0, 0.05) is 37.6 Å². The van der Waals surface area contributed by atoms with Crippen LogP contribution < -0.4 is 4.74 Å². The Morgan fingerprint density at radius 3 is 2.65 bits per heavy atom. The molecule has 23 heavy (non-hydrogen) atoms. The molecule has 0 N–H and O–H groups in total. The van der Waals surface area contributed by atoms with Crippen molar-refractivity contribution in [3.8, 4) is 16.9 Å². The number of pyridine rings is 1. The third-order valence-corrected chi connectivity index (χ3v) is 3.59. The van der Waals surface area contributed by atoms with Crippen molar-refractivity contribution in [3.63, 3.8) is 0 Å². The van der Waals surface area contributed by atoms with E-state index in [-0.39, 0.29) is 5.91 Å². The molecule has 1 aromatic heterocycles. The number of carbonyl (C=O) groups excluding carboxylic acids is 1. The lowest BCUT2D eigenvalue weighted by atomic mass is 10.1. The summed E-state index contributed by atoms with van der Waals surface area (Å²) in [6.45, 7) is 6.06. The Morgan fingerprint density at radius 2 is 2.00 bits per heavy atom. The molecule has 0 saturated carbocycles. The number of aromatic nitrogens is 1. The van der Waals surface area contributed by atoms with Crippen LogP contribution in [0.25, 0.3) is 11.1 Å². The van der Waals surface area contributed by atoms with E-state index in [1.54, 1.807) is 37.3 Å². The summed E-state index contributed by atoms with van der Waals surface area (Å²) in [6.07, 6.45) is 2.73. The monoisotopic (exact) mass is 316 g/mol. The number of rotatable bonds is 5. The lowest BCUT2D eigenvalue weighted by Gasteiger charge is -2.21. The number of ether oxygens (including phenoxy) is 1. The van der Waals surface area contributed by atoms with Crippen molar-refractivity contribution < 1.29 is 13.9 Å². The van der Waals surface area contributed by atoms with Gasteiger partial charge < -0.3 is 9.64 Å². The molecular formula is C18H21FN2O2. The maximum Gasteiger partial charge on any atom is 0.263 e. The van der Waals surface area contributed by atoms with Gasteiger partial charge in [-0.1, -0.05) is 0 Å². The van der Waals surface area contributed by atoms with Gasteiger partial charge in [-0.05, 0) is 50.1 Å². The predicted octanol–water partition coefficient (Wildman–Crippen LogP) is 3.44. The molecule has 1 unspecified atom stereocenters. The summed E-state index contributed by atoms with van der Waals surface area (Å²) >= 11 is 0. The Balaban J connectivity index is 2.26. The van der Waals surface area contributed by atoms with Gasteiger partial charge in [-0.25, -0.2) is 4.39 Å². The van der Waals surface area contributed by atoms with Crippen LogP contribution in [-0.4, -0.2) is 35.5 Å². The Morgan fingerprint density at radius 1 is 1.26 bits per heavy atom. The van der Waals surface area contributed by atoms with E-state index >= 15 is 0 Å². The van der Waals surface area contributed by atoms with Gasteiger partial charge >= 0.3 is 0 Å². The van der Waals surface area contributed by atoms with Crippen LogP contribution in [0.1, 0.15) is 19.4 Å². The zero-order valence-corrected chi connectivity index (χ0v) is 13.8. The minimum atomic E-state index is -0.676. The first-order chi connectivity index (χ1) is 10.9. The first-order valence-corrected chi connectivity index (χ1v) is 7.55.